The van der Waals surface area contributed by atoms with Gasteiger partial charge in [-0.05, 0) is 49.4 Å². The van der Waals surface area contributed by atoms with E-state index in [9.17, 15) is 13.2 Å². The van der Waals surface area contributed by atoms with Crippen molar-refractivity contribution in [3.8, 4) is 5.75 Å². The van der Waals surface area contributed by atoms with E-state index in [0.717, 1.165) is 0 Å². The van der Waals surface area contributed by atoms with Gasteiger partial charge in [-0.25, -0.2) is 8.42 Å². The number of carbonyl (C=O) groups is 1. The van der Waals surface area contributed by atoms with Crippen molar-refractivity contribution in [2.24, 2.45) is 0 Å². The Morgan fingerprint density at radius 2 is 1.66 bits per heavy atom. The van der Waals surface area contributed by atoms with E-state index in [-0.39, 0.29) is 27.0 Å². The Morgan fingerprint density at radius 1 is 0.969 bits per heavy atom. The standard InChI is InChI=1S/C22H19Cl3N2O4S/c1-3-27(15-7-5-4-6-8-15)32(29,30)21-12-16(17(23)13-19(21)25)22(28)26-14-9-10-20(31-2)18(24)11-14/h4-13H,3H2,1-2H3,(H,26,28). The molecule has 1 amide bonds. The monoisotopic (exact) mass is 512 g/mol. The van der Waals surface area contributed by atoms with Gasteiger partial charge in [-0.1, -0.05) is 53.0 Å². The number of sulfonamides is 1. The molecule has 0 radical (unpaired) electrons. The third-order valence-corrected chi connectivity index (χ3v) is 7.55. The molecule has 0 fully saturated rings. The largest absolute Gasteiger partial charge is 0.495 e. The summed E-state index contributed by atoms with van der Waals surface area (Å²) in [5.74, 6) is -0.171. The first-order chi connectivity index (χ1) is 15.2. The molecule has 0 saturated heterocycles. The lowest BCUT2D eigenvalue weighted by molar-refractivity contribution is 0.102. The minimum atomic E-state index is -4.07. The first kappa shape index (κ1) is 24.2. The number of hydrogen-bond donors (Lipinski definition) is 1. The van der Waals surface area contributed by atoms with E-state index in [1.165, 1.54) is 29.6 Å². The number of methoxy groups -OCH3 is 1. The zero-order valence-electron chi connectivity index (χ0n) is 17.1. The number of hydrogen-bond acceptors (Lipinski definition) is 4. The third-order valence-electron chi connectivity index (χ3n) is 4.58. The van der Waals surface area contributed by atoms with Crippen molar-refractivity contribution in [3.63, 3.8) is 0 Å². The van der Waals surface area contributed by atoms with Crippen LogP contribution in [0.4, 0.5) is 11.4 Å². The van der Waals surface area contributed by atoms with Crippen molar-refractivity contribution < 1.29 is 17.9 Å². The van der Waals surface area contributed by atoms with Crippen molar-refractivity contribution >= 4 is 62.1 Å². The van der Waals surface area contributed by atoms with Crippen LogP contribution in [0.5, 0.6) is 5.75 Å². The molecule has 0 aromatic heterocycles. The molecule has 168 valence electrons. The Labute approximate surface area is 201 Å². The minimum absolute atomic E-state index is 0.00816. The molecule has 6 nitrogen and oxygen atoms in total. The summed E-state index contributed by atoms with van der Waals surface area (Å²) in [6.45, 7) is 1.87. The lowest BCUT2D eigenvalue weighted by Crippen LogP contribution is -2.31. The summed E-state index contributed by atoms with van der Waals surface area (Å²) in [6.07, 6.45) is 0. The number of rotatable bonds is 7. The number of halogens is 3. The maximum atomic E-state index is 13.4. The van der Waals surface area contributed by atoms with Gasteiger partial charge in [0.15, 0.2) is 0 Å². The van der Waals surface area contributed by atoms with E-state index in [1.807, 2.05) is 0 Å². The van der Waals surface area contributed by atoms with Gasteiger partial charge in [0.1, 0.15) is 10.6 Å². The fourth-order valence-corrected chi connectivity index (χ4v) is 5.62. The average molecular weight is 514 g/mol. The van der Waals surface area contributed by atoms with Crippen molar-refractivity contribution in [1.29, 1.82) is 0 Å². The fourth-order valence-electron chi connectivity index (χ4n) is 3.05. The number of nitrogens with one attached hydrogen (secondary N) is 1. The summed E-state index contributed by atoms with van der Waals surface area (Å²) >= 11 is 18.6. The van der Waals surface area contributed by atoms with Gasteiger partial charge in [-0.2, -0.15) is 0 Å². The highest BCUT2D eigenvalue weighted by Gasteiger charge is 2.28. The Hall–Kier alpha value is -2.45. The Morgan fingerprint density at radius 3 is 2.25 bits per heavy atom. The second-order valence-corrected chi connectivity index (χ2v) is 9.62. The summed E-state index contributed by atoms with van der Waals surface area (Å²) in [5.41, 5.74) is 0.807. The van der Waals surface area contributed by atoms with Crippen molar-refractivity contribution in [2.45, 2.75) is 11.8 Å². The second kappa shape index (κ2) is 10.0. The molecule has 0 atom stereocenters. The molecule has 3 aromatic rings. The van der Waals surface area contributed by atoms with Crippen LogP contribution in [0.15, 0.2) is 65.6 Å². The number of nitrogens with zero attached hydrogens (tertiary/aromatic N) is 1. The second-order valence-electron chi connectivity index (χ2n) is 6.57. The van der Waals surface area contributed by atoms with Gasteiger partial charge in [0, 0.05) is 12.2 Å². The van der Waals surface area contributed by atoms with Gasteiger partial charge in [0.25, 0.3) is 15.9 Å². The van der Waals surface area contributed by atoms with Crippen molar-refractivity contribution in [2.75, 3.05) is 23.3 Å². The molecule has 32 heavy (non-hydrogen) atoms. The predicted molar refractivity (Wildman–Crippen MR) is 129 cm³/mol. The SMILES string of the molecule is CCN(c1ccccc1)S(=O)(=O)c1cc(C(=O)Nc2ccc(OC)c(Cl)c2)c(Cl)cc1Cl. The number of amides is 1. The van der Waals surface area contributed by atoms with Gasteiger partial charge < -0.3 is 10.1 Å². The van der Waals surface area contributed by atoms with Crippen LogP contribution < -0.4 is 14.4 Å². The number of carbonyl (C=O) groups excluding carboxylic acids is 1. The molecule has 0 aliphatic rings. The van der Waals surface area contributed by atoms with E-state index in [1.54, 1.807) is 49.4 Å². The summed E-state index contributed by atoms with van der Waals surface area (Å²) in [5, 5.41) is 2.87. The molecule has 3 aromatic carbocycles. The smallest absolute Gasteiger partial charge is 0.265 e. The molecule has 0 spiro atoms. The van der Waals surface area contributed by atoms with Crippen molar-refractivity contribution in [1.82, 2.24) is 0 Å². The van der Waals surface area contributed by atoms with Gasteiger partial charge in [-0.15, -0.1) is 0 Å². The van der Waals surface area contributed by atoms with E-state index in [0.29, 0.717) is 22.1 Å². The van der Waals surface area contributed by atoms with E-state index < -0.39 is 15.9 Å². The minimum Gasteiger partial charge on any atom is -0.495 e. The molecular formula is C22H19Cl3N2O4S. The zero-order chi connectivity index (χ0) is 23.5. The number of para-hydroxylation sites is 1. The molecule has 0 aliphatic heterocycles. The molecule has 0 unspecified atom stereocenters. The lowest BCUT2D eigenvalue weighted by Gasteiger charge is -2.24. The number of anilines is 2. The molecule has 0 heterocycles. The van der Waals surface area contributed by atoms with Gasteiger partial charge in [-0.3, -0.25) is 9.10 Å². The number of ether oxygens (including phenoxy) is 1. The quantitative estimate of drug-likeness (QED) is 0.413. The fraction of sp³-hybridized carbons (Fsp3) is 0.136. The topological polar surface area (TPSA) is 75.7 Å². The normalized spacial score (nSPS) is 11.2. The van der Waals surface area contributed by atoms with Crippen LogP contribution in [-0.4, -0.2) is 28.0 Å². The van der Waals surface area contributed by atoms with Gasteiger partial charge in [0.05, 0.1) is 33.4 Å². The highest BCUT2D eigenvalue weighted by atomic mass is 35.5. The van der Waals surface area contributed by atoms with Crippen LogP contribution in [0.2, 0.25) is 15.1 Å². The van der Waals surface area contributed by atoms with Crippen LogP contribution in [0.1, 0.15) is 17.3 Å². The molecule has 0 bridgehead atoms. The molecule has 10 heteroatoms. The Balaban J connectivity index is 2.00. The average Bonchev–Trinajstić information content (AvgIpc) is 2.74. The highest BCUT2D eigenvalue weighted by molar-refractivity contribution is 7.93. The summed E-state index contributed by atoms with van der Waals surface area (Å²) < 4.78 is 33.1. The summed E-state index contributed by atoms with van der Waals surface area (Å²) in [6, 6.07) is 15.7. The molecule has 0 saturated carbocycles. The molecular weight excluding hydrogens is 495 g/mol. The summed E-state index contributed by atoms with van der Waals surface area (Å²) in [4.78, 5) is 12.6. The first-order valence-electron chi connectivity index (χ1n) is 9.40. The van der Waals surface area contributed by atoms with Crippen LogP contribution >= 0.6 is 34.8 Å². The summed E-state index contributed by atoms with van der Waals surface area (Å²) in [7, 11) is -2.59. The van der Waals surface area contributed by atoms with Gasteiger partial charge >= 0.3 is 0 Å². The Bertz CT molecular complexity index is 1250. The Kier molecular flexibility index (Phi) is 7.56. The number of benzene rings is 3. The zero-order valence-corrected chi connectivity index (χ0v) is 20.2. The van der Waals surface area contributed by atoms with Gasteiger partial charge in [0.2, 0.25) is 0 Å². The van der Waals surface area contributed by atoms with Crippen molar-refractivity contribution in [3.05, 3.63) is 81.3 Å². The van der Waals surface area contributed by atoms with E-state index in [2.05, 4.69) is 5.32 Å². The van der Waals surface area contributed by atoms with Crippen LogP contribution in [0.25, 0.3) is 0 Å². The van der Waals surface area contributed by atoms with E-state index >= 15 is 0 Å². The molecule has 0 aliphatic carbocycles. The van der Waals surface area contributed by atoms with Crippen LogP contribution in [-0.2, 0) is 10.0 Å². The third kappa shape index (κ3) is 4.96. The molecule has 1 N–H and O–H groups in total. The molecule has 3 rings (SSSR count). The maximum Gasteiger partial charge on any atom is 0.265 e. The first-order valence-corrected chi connectivity index (χ1v) is 12.0. The van der Waals surface area contributed by atoms with E-state index in [4.69, 9.17) is 39.5 Å². The maximum absolute atomic E-state index is 13.4. The van der Waals surface area contributed by atoms with Crippen LogP contribution in [0, 0.1) is 0 Å². The van der Waals surface area contributed by atoms with Crippen LogP contribution in [0.3, 0.4) is 0 Å². The lowest BCUT2D eigenvalue weighted by atomic mass is 10.2. The predicted octanol–water partition coefficient (Wildman–Crippen LogP) is 6.12. The highest BCUT2D eigenvalue weighted by Crippen LogP contribution is 2.33.